The smallest absolute Gasteiger partial charge is 0.248 e. The lowest BCUT2D eigenvalue weighted by molar-refractivity contribution is -0.699. The maximum absolute atomic E-state index is 3.52. The van der Waals surface area contributed by atoms with E-state index in [0.717, 1.165) is 11.1 Å². The van der Waals surface area contributed by atoms with Gasteiger partial charge < -0.3 is 24.0 Å². The van der Waals surface area contributed by atoms with Gasteiger partial charge in [-0.1, -0.05) is 30.3 Å². The highest BCUT2D eigenvalue weighted by Gasteiger charge is 2.05. The summed E-state index contributed by atoms with van der Waals surface area (Å²) in [7, 11) is 0. The molecule has 1 nitrogen and oxygen atoms in total. The van der Waals surface area contributed by atoms with Crippen molar-refractivity contribution in [3.05, 3.63) is 64.9 Å². The van der Waals surface area contributed by atoms with Gasteiger partial charge in [-0.25, -0.2) is 0 Å². The molecule has 0 unspecified atom stereocenters. The van der Waals surface area contributed by atoms with Crippen LogP contribution in [-0.4, -0.2) is 0 Å². The summed E-state index contributed by atoms with van der Waals surface area (Å²) in [5.41, 5.74) is 1.31. The molecule has 3 heteroatoms. The monoisotopic (exact) mass is 375 g/mol. The van der Waals surface area contributed by atoms with Crippen LogP contribution in [0.1, 0.15) is 5.56 Å². The fourth-order valence-electron chi connectivity index (χ4n) is 1.36. The molecule has 0 saturated carbocycles. The molecule has 1 heterocycles. The van der Waals surface area contributed by atoms with Gasteiger partial charge in [0.25, 0.3) is 0 Å². The van der Waals surface area contributed by atoms with Gasteiger partial charge in [-0.2, -0.15) is 4.57 Å². The summed E-state index contributed by atoms with van der Waals surface area (Å²) in [4.78, 5) is 0. The molecule has 0 aliphatic carbocycles. The Morgan fingerprint density at radius 2 is 1.60 bits per heavy atom. The first kappa shape index (κ1) is 12.6. The minimum absolute atomic E-state index is 0. The van der Waals surface area contributed by atoms with Crippen molar-refractivity contribution in [2.75, 3.05) is 0 Å². The molecule has 0 N–H and O–H groups in total. The van der Waals surface area contributed by atoms with Gasteiger partial charge in [0.05, 0.1) is 0 Å². The van der Waals surface area contributed by atoms with Crippen LogP contribution in [0.5, 0.6) is 0 Å². The summed E-state index contributed by atoms with van der Waals surface area (Å²) in [6.07, 6.45) is 2.07. The van der Waals surface area contributed by atoms with Crippen LogP contribution in [0.3, 0.4) is 0 Å². The molecule has 15 heavy (non-hydrogen) atoms. The molecule has 0 radical (unpaired) electrons. The van der Waals surface area contributed by atoms with E-state index in [2.05, 4.69) is 51.0 Å². The Morgan fingerprint density at radius 1 is 0.933 bits per heavy atom. The van der Waals surface area contributed by atoms with Crippen molar-refractivity contribution in [3.63, 3.8) is 0 Å². The van der Waals surface area contributed by atoms with Gasteiger partial charge in [0.15, 0.2) is 12.7 Å². The van der Waals surface area contributed by atoms with Crippen LogP contribution in [-0.2, 0) is 6.54 Å². The third-order valence-electron chi connectivity index (χ3n) is 2.08. The molecule has 0 amide bonds. The van der Waals surface area contributed by atoms with E-state index in [1.807, 2.05) is 24.3 Å². The topological polar surface area (TPSA) is 3.88 Å². The Labute approximate surface area is 115 Å². The average Bonchev–Trinajstić information content (AvgIpc) is 2.23. The molecule has 1 aromatic heterocycles. The molecule has 2 aromatic rings. The highest BCUT2D eigenvalue weighted by atomic mass is 127. The van der Waals surface area contributed by atoms with Crippen LogP contribution in [0.15, 0.2) is 59.3 Å². The lowest BCUT2D eigenvalue weighted by atomic mass is 10.2. The number of benzene rings is 1. The summed E-state index contributed by atoms with van der Waals surface area (Å²) in [5.74, 6) is 0. The van der Waals surface area contributed by atoms with E-state index < -0.39 is 0 Å². The first-order valence-corrected chi connectivity index (χ1v) is 5.33. The quantitative estimate of drug-likeness (QED) is 0.388. The van der Waals surface area contributed by atoms with Gasteiger partial charge in [0, 0.05) is 33.6 Å². The maximum atomic E-state index is 3.52. The zero-order valence-corrected chi connectivity index (χ0v) is 11.8. The molecule has 0 atom stereocenters. The van der Waals surface area contributed by atoms with Crippen molar-refractivity contribution in [3.8, 4) is 0 Å². The minimum atomic E-state index is 0. The minimum Gasteiger partial charge on any atom is -1.00 e. The van der Waals surface area contributed by atoms with E-state index in [4.69, 9.17) is 0 Å². The van der Waals surface area contributed by atoms with Crippen LogP contribution in [0.2, 0.25) is 0 Å². The van der Waals surface area contributed by atoms with Gasteiger partial charge in [-0.3, -0.25) is 0 Å². The summed E-state index contributed by atoms with van der Waals surface area (Å²) in [6.45, 7) is 0.905. The van der Waals surface area contributed by atoms with E-state index in [0.29, 0.717) is 0 Å². The van der Waals surface area contributed by atoms with Gasteiger partial charge in [-0.05, 0) is 6.07 Å². The zero-order valence-electron chi connectivity index (χ0n) is 8.11. The van der Waals surface area contributed by atoms with Crippen molar-refractivity contribution < 1.29 is 28.5 Å². The number of hydrogen-bond acceptors (Lipinski definition) is 0. The highest BCUT2D eigenvalue weighted by molar-refractivity contribution is 9.10. The fourth-order valence-corrected chi connectivity index (χ4v) is 1.76. The van der Waals surface area contributed by atoms with Crippen molar-refractivity contribution in [2.24, 2.45) is 0 Å². The summed E-state index contributed by atoms with van der Waals surface area (Å²) < 4.78 is 3.26. The number of rotatable bonds is 2. The highest BCUT2D eigenvalue weighted by Crippen LogP contribution is 2.03. The predicted molar refractivity (Wildman–Crippen MR) is 59.9 cm³/mol. The third kappa shape index (κ3) is 3.57. The van der Waals surface area contributed by atoms with E-state index >= 15 is 0 Å². The molecular formula is C12H11BrIN. The van der Waals surface area contributed by atoms with Crippen LogP contribution in [0, 0.1) is 0 Å². The van der Waals surface area contributed by atoms with Crippen molar-refractivity contribution in [2.45, 2.75) is 6.54 Å². The second-order valence-electron chi connectivity index (χ2n) is 3.14. The number of pyridine rings is 1. The van der Waals surface area contributed by atoms with E-state index in [-0.39, 0.29) is 24.0 Å². The summed E-state index contributed by atoms with van der Waals surface area (Å²) in [5, 5.41) is 0. The molecule has 0 spiro atoms. The third-order valence-corrected chi connectivity index (χ3v) is 2.80. The SMILES string of the molecule is Brc1cccc[n+]1Cc1ccccc1.[I-]. The van der Waals surface area contributed by atoms with Gasteiger partial charge in [0.2, 0.25) is 4.60 Å². The second-order valence-corrected chi connectivity index (χ2v) is 3.95. The van der Waals surface area contributed by atoms with Gasteiger partial charge in [0.1, 0.15) is 0 Å². The molecular weight excluding hydrogens is 365 g/mol. The van der Waals surface area contributed by atoms with E-state index in [1.165, 1.54) is 5.56 Å². The van der Waals surface area contributed by atoms with E-state index in [1.54, 1.807) is 0 Å². The van der Waals surface area contributed by atoms with E-state index in [9.17, 15) is 0 Å². The largest absolute Gasteiger partial charge is 1.00 e. The molecule has 78 valence electrons. The van der Waals surface area contributed by atoms with Crippen molar-refractivity contribution in [1.82, 2.24) is 0 Å². The fraction of sp³-hybridized carbons (Fsp3) is 0.0833. The number of aromatic nitrogens is 1. The average molecular weight is 376 g/mol. The Bertz CT molecular complexity index is 417. The standard InChI is InChI=1S/C12H11BrN.HI/c13-12-8-4-5-9-14(12)10-11-6-2-1-3-7-11;/h1-9H,10H2;1H/q+1;/p-1. The summed E-state index contributed by atoms with van der Waals surface area (Å²) >= 11 is 3.52. The molecule has 1 aromatic carbocycles. The molecule has 0 fully saturated rings. The maximum Gasteiger partial charge on any atom is 0.248 e. The van der Waals surface area contributed by atoms with Crippen LogP contribution < -0.4 is 28.5 Å². The predicted octanol–water partition coefficient (Wildman–Crippen LogP) is -0.211. The molecule has 0 aliphatic heterocycles. The van der Waals surface area contributed by atoms with Crippen molar-refractivity contribution in [1.29, 1.82) is 0 Å². The number of hydrogen-bond donors (Lipinski definition) is 0. The van der Waals surface area contributed by atoms with Crippen molar-refractivity contribution >= 4 is 15.9 Å². The Morgan fingerprint density at radius 3 is 2.27 bits per heavy atom. The molecule has 0 aliphatic rings. The van der Waals surface area contributed by atoms with Gasteiger partial charge >= 0.3 is 0 Å². The Kier molecular flexibility index (Phi) is 5.25. The first-order valence-electron chi connectivity index (χ1n) is 4.54. The second kappa shape index (κ2) is 6.23. The molecule has 0 bridgehead atoms. The first-order chi connectivity index (χ1) is 6.86. The van der Waals surface area contributed by atoms with Gasteiger partial charge in [-0.15, -0.1) is 0 Å². The lowest BCUT2D eigenvalue weighted by Gasteiger charge is -1.98. The zero-order chi connectivity index (χ0) is 9.80. The lowest BCUT2D eigenvalue weighted by Crippen LogP contribution is -3.00. The normalized spacial score (nSPS) is 9.40. The van der Waals surface area contributed by atoms with Crippen LogP contribution in [0.4, 0.5) is 0 Å². The molecule has 2 rings (SSSR count). The number of halogens is 2. The van der Waals surface area contributed by atoms with Crippen LogP contribution >= 0.6 is 15.9 Å². The Balaban J connectivity index is 0.00000112. The summed E-state index contributed by atoms with van der Waals surface area (Å²) in [6, 6.07) is 16.5. The van der Waals surface area contributed by atoms with Crippen LogP contribution in [0.25, 0.3) is 0 Å². The number of nitrogens with zero attached hydrogens (tertiary/aromatic N) is 1. The Hall–Kier alpha value is -0.420. The molecule has 0 saturated heterocycles.